The first-order valence-electron chi connectivity index (χ1n) is 10.5. The normalized spacial score (nSPS) is 18.2. The number of hydrogen-bond donors (Lipinski definition) is 2. The number of rotatable bonds is 4. The van der Waals surface area contributed by atoms with Crippen molar-refractivity contribution >= 4 is 39.8 Å². The van der Waals surface area contributed by atoms with Gasteiger partial charge in [-0.3, -0.25) is 9.98 Å². The van der Waals surface area contributed by atoms with Crippen molar-refractivity contribution in [2.45, 2.75) is 45.8 Å². The molecule has 0 bridgehead atoms. The number of carbonyl (C=O) groups excluding carboxylic acids is 1. The zero-order chi connectivity index (χ0) is 22.2. The maximum Gasteiger partial charge on any atom is 0.407 e. The monoisotopic (exact) mass is 439 g/mol. The van der Waals surface area contributed by atoms with Crippen LogP contribution in [0.25, 0.3) is 10.4 Å². The van der Waals surface area contributed by atoms with Gasteiger partial charge in [0.05, 0.1) is 24.3 Å². The predicted molar refractivity (Wildman–Crippen MR) is 129 cm³/mol. The number of fused-ring (bicyclic) bond motifs is 3. The lowest BCUT2D eigenvalue weighted by Crippen LogP contribution is -2.51. The quantitative estimate of drug-likeness (QED) is 0.673. The van der Waals surface area contributed by atoms with Gasteiger partial charge in [-0.05, 0) is 46.2 Å². The Bertz CT molecular complexity index is 1030. The van der Waals surface area contributed by atoms with Gasteiger partial charge in [0.15, 0.2) is 11.7 Å². The minimum atomic E-state index is -0.516. The number of carbonyl (C=O) groups is 1. The van der Waals surface area contributed by atoms with Gasteiger partial charge in [0.25, 0.3) is 0 Å². The fourth-order valence-corrected chi connectivity index (χ4v) is 4.85. The summed E-state index contributed by atoms with van der Waals surface area (Å²) in [7, 11) is 0. The van der Waals surface area contributed by atoms with E-state index in [-0.39, 0.29) is 5.54 Å². The van der Waals surface area contributed by atoms with E-state index < -0.39 is 11.7 Å². The van der Waals surface area contributed by atoms with E-state index in [0.29, 0.717) is 19.6 Å². The third kappa shape index (κ3) is 4.58. The minimum Gasteiger partial charge on any atom is -0.444 e. The van der Waals surface area contributed by atoms with Crippen LogP contribution in [0.1, 0.15) is 34.6 Å². The average molecular weight is 440 g/mol. The molecule has 4 rings (SSSR count). The molecule has 1 aromatic carbocycles. The van der Waals surface area contributed by atoms with Gasteiger partial charge in [0, 0.05) is 11.4 Å². The lowest BCUT2D eigenvalue weighted by atomic mass is 10.0. The van der Waals surface area contributed by atoms with Crippen LogP contribution in [0.4, 0.5) is 15.5 Å². The largest absolute Gasteiger partial charge is 0.444 e. The van der Waals surface area contributed by atoms with Crippen LogP contribution in [0.5, 0.6) is 0 Å². The third-order valence-corrected chi connectivity index (χ3v) is 6.09. The summed E-state index contributed by atoms with van der Waals surface area (Å²) >= 11 is 1.76. The predicted octanol–water partition coefficient (Wildman–Crippen LogP) is 4.76. The fourth-order valence-electron chi connectivity index (χ4n) is 3.56. The van der Waals surface area contributed by atoms with Crippen LogP contribution in [0.2, 0.25) is 0 Å². The standard InChI is InChI=1S/C23H29N5O2S/c1-22(2,3)30-21(29)25-12-11-24-18-19-26-14-23(4,5)28(19)20-16(27-18)13-17(31-20)15-9-7-6-8-10-15/h6-10,13H,11-12,14H2,1-5H3,(H,24,27)(H,25,29). The molecule has 0 unspecified atom stereocenters. The number of thiophene rings is 1. The molecule has 2 aliphatic rings. The number of ether oxygens (including phenoxy) is 1. The van der Waals surface area contributed by atoms with Gasteiger partial charge in [-0.15, -0.1) is 11.3 Å². The first kappa shape index (κ1) is 21.4. The number of benzene rings is 1. The number of amides is 1. The van der Waals surface area contributed by atoms with Crippen molar-refractivity contribution < 1.29 is 9.53 Å². The molecule has 8 heteroatoms. The van der Waals surface area contributed by atoms with Gasteiger partial charge in [0.2, 0.25) is 0 Å². The zero-order valence-corrected chi connectivity index (χ0v) is 19.5. The maximum absolute atomic E-state index is 11.9. The lowest BCUT2D eigenvalue weighted by molar-refractivity contribution is 0.0529. The molecule has 2 aliphatic heterocycles. The summed E-state index contributed by atoms with van der Waals surface area (Å²) in [5.41, 5.74) is 1.59. The molecular weight excluding hydrogens is 410 g/mol. The van der Waals surface area contributed by atoms with E-state index >= 15 is 0 Å². The molecule has 3 heterocycles. The SMILES string of the molecule is CC(C)(C)OC(=O)NCCN=C1Nc2cc(-c3ccccc3)sc2N2C1=NCC2(C)C. The van der Waals surface area contributed by atoms with Crippen molar-refractivity contribution in [2.75, 3.05) is 29.9 Å². The second kappa shape index (κ2) is 8.00. The highest BCUT2D eigenvalue weighted by Crippen LogP contribution is 2.47. The molecule has 0 saturated heterocycles. The molecule has 1 amide bonds. The summed E-state index contributed by atoms with van der Waals surface area (Å²) < 4.78 is 5.27. The maximum atomic E-state index is 11.9. The summed E-state index contributed by atoms with van der Waals surface area (Å²) in [6.07, 6.45) is -0.433. The van der Waals surface area contributed by atoms with Gasteiger partial charge in [-0.2, -0.15) is 0 Å². The Kier molecular flexibility index (Phi) is 5.51. The highest BCUT2D eigenvalue weighted by molar-refractivity contribution is 7.20. The fraction of sp³-hybridized carbons (Fsp3) is 0.435. The Morgan fingerprint density at radius 2 is 2.06 bits per heavy atom. The summed E-state index contributed by atoms with van der Waals surface area (Å²) in [5, 5.41) is 7.38. The average Bonchev–Trinajstić information content (AvgIpc) is 3.25. The number of amidine groups is 2. The molecule has 2 N–H and O–H groups in total. The molecule has 2 aromatic rings. The van der Waals surface area contributed by atoms with Crippen LogP contribution in [-0.2, 0) is 4.74 Å². The first-order valence-corrected chi connectivity index (χ1v) is 11.3. The Labute approximate surface area is 187 Å². The van der Waals surface area contributed by atoms with Crippen molar-refractivity contribution in [3.63, 3.8) is 0 Å². The van der Waals surface area contributed by atoms with Crippen LogP contribution in [-0.4, -0.2) is 48.5 Å². The van der Waals surface area contributed by atoms with E-state index in [1.54, 1.807) is 11.3 Å². The van der Waals surface area contributed by atoms with E-state index in [9.17, 15) is 4.79 Å². The molecule has 0 radical (unpaired) electrons. The van der Waals surface area contributed by atoms with Gasteiger partial charge >= 0.3 is 6.09 Å². The highest BCUT2D eigenvalue weighted by atomic mass is 32.1. The molecule has 0 saturated carbocycles. The summed E-state index contributed by atoms with van der Waals surface area (Å²) in [4.78, 5) is 24.8. The highest BCUT2D eigenvalue weighted by Gasteiger charge is 2.43. The molecule has 0 fully saturated rings. The van der Waals surface area contributed by atoms with E-state index in [2.05, 4.69) is 59.7 Å². The van der Waals surface area contributed by atoms with Crippen molar-refractivity contribution in [3.05, 3.63) is 36.4 Å². The van der Waals surface area contributed by atoms with Crippen LogP contribution >= 0.6 is 11.3 Å². The Morgan fingerprint density at radius 3 is 2.77 bits per heavy atom. The number of anilines is 2. The molecule has 1 aromatic heterocycles. The van der Waals surface area contributed by atoms with E-state index in [1.807, 2.05) is 26.8 Å². The second-order valence-electron chi connectivity index (χ2n) is 9.27. The Hall–Kier alpha value is -2.87. The van der Waals surface area contributed by atoms with Crippen molar-refractivity contribution in [3.8, 4) is 10.4 Å². The number of hydrogen-bond acceptors (Lipinski definition) is 6. The Balaban J connectivity index is 1.53. The van der Waals surface area contributed by atoms with E-state index in [4.69, 9.17) is 14.7 Å². The molecule has 7 nitrogen and oxygen atoms in total. The summed E-state index contributed by atoms with van der Waals surface area (Å²) in [5.74, 6) is 1.60. The molecule has 0 spiro atoms. The molecule has 31 heavy (non-hydrogen) atoms. The Morgan fingerprint density at radius 1 is 1.32 bits per heavy atom. The van der Waals surface area contributed by atoms with E-state index in [1.165, 1.54) is 10.4 Å². The zero-order valence-electron chi connectivity index (χ0n) is 18.7. The van der Waals surface area contributed by atoms with Crippen LogP contribution in [0.15, 0.2) is 46.4 Å². The third-order valence-electron chi connectivity index (χ3n) is 4.92. The summed E-state index contributed by atoms with van der Waals surface area (Å²) in [6, 6.07) is 12.6. The van der Waals surface area contributed by atoms with Gasteiger partial charge in [0.1, 0.15) is 10.6 Å². The lowest BCUT2D eigenvalue weighted by Gasteiger charge is -2.37. The number of alkyl carbamates (subject to hydrolysis) is 1. The minimum absolute atomic E-state index is 0.124. The summed E-state index contributed by atoms with van der Waals surface area (Å²) in [6.45, 7) is 11.4. The topological polar surface area (TPSA) is 78.3 Å². The second-order valence-corrected chi connectivity index (χ2v) is 10.3. The van der Waals surface area contributed by atoms with Crippen molar-refractivity contribution in [1.29, 1.82) is 0 Å². The van der Waals surface area contributed by atoms with Crippen molar-refractivity contribution in [2.24, 2.45) is 9.98 Å². The van der Waals surface area contributed by atoms with E-state index in [0.717, 1.165) is 22.4 Å². The number of aliphatic imine (C=N–C) groups is 2. The van der Waals surface area contributed by atoms with Crippen LogP contribution in [0.3, 0.4) is 0 Å². The van der Waals surface area contributed by atoms with Crippen LogP contribution < -0.4 is 15.5 Å². The molecule has 0 aliphatic carbocycles. The molecule has 0 atom stereocenters. The van der Waals surface area contributed by atoms with Gasteiger partial charge in [-0.25, -0.2) is 4.79 Å². The van der Waals surface area contributed by atoms with Crippen molar-refractivity contribution in [1.82, 2.24) is 5.32 Å². The first-order chi connectivity index (χ1) is 14.6. The molecular formula is C23H29N5O2S. The number of nitrogens with one attached hydrogen (secondary N) is 2. The van der Waals surface area contributed by atoms with Gasteiger partial charge in [-0.1, -0.05) is 30.3 Å². The number of nitrogens with zero attached hydrogens (tertiary/aromatic N) is 3. The molecule has 164 valence electrons. The smallest absolute Gasteiger partial charge is 0.407 e. The van der Waals surface area contributed by atoms with Gasteiger partial charge < -0.3 is 20.3 Å². The van der Waals surface area contributed by atoms with Crippen LogP contribution in [0, 0.1) is 0 Å².